The van der Waals surface area contributed by atoms with E-state index >= 15 is 0 Å². The zero-order valence-electron chi connectivity index (χ0n) is 15.8. The number of para-hydroxylation sites is 2. The predicted molar refractivity (Wildman–Crippen MR) is 102 cm³/mol. The SMILES string of the molecule is COc1ccccc1N1CCN(C(=O)CN(Cc2ccco2)C(C)=O)CC1. The van der Waals surface area contributed by atoms with Crippen LogP contribution in [-0.2, 0) is 16.1 Å². The van der Waals surface area contributed by atoms with E-state index in [4.69, 9.17) is 9.15 Å². The summed E-state index contributed by atoms with van der Waals surface area (Å²) in [5, 5.41) is 0. The molecule has 0 bridgehead atoms. The smallest absolute Gasteiger partial charge is 0.242 e. The molecule has 1 aromatic carbocycles. The molecule has 2 heterocycles. The highest BCUT2D eigenvalue weighted by Crippen LogP contribution is 2.28. The maximum Gasteiger partial charge on any atom is 0.242 e. The maximum absolute atomic E-state index is 12.7. The lowest BCUT2D eigenvalue weighted by Gasteiger charge is -2.37. The van der Waals surface area contributed by atoms with Gasteiger partial charge in [0.1, 0.15) is 18.1 Å². The fourth-order valence-electron chi connectivity index (χ4n) is 3.22. The number of ether oxygens (including phenoxy) is 1. The van der Waals surface area contributed by atoms with E-state index in [2.05, 4.69) is 4.90 Å². The van der Waals surface area contributed by atoms with Crippen molar-refractivity contribution in [3.8, 4) is 5.75 Å². The minimum absolute atomic E-state index is 0.0450. The van der Waals surface area contributed by atoms with Crippen LogP contribution in [0.3, 0.4) is 0 Å². The van der Waals surface area contributed by atoms with Crippen molar-refractivity contribution in [1.82, 2.24) is 9.80 Å². The number of hydrogen-bond donors (Lipinski definition) is 0. The predicted octanol–water partition coefficient (Wildman–Crippen LogP) is 1.99. The van der Waals surface area contributed by atoms with E-state index in [1.807, 2.05) is 29.2 Å². The first-order valence-corrected chi connectivity index (χ1v) is 9.02. The van der Waals surface area contributed by atoms with Gasteiger partial charge >= 0.3 is 0 Å². The van der Waals surface area contributed by atoms with Gasteiger partial charge in [-0.2, -0.15) is 0 Å². The molecule has 2 amide bonds. The molecular formula is C20H25N3O4. The molecule has 0 spiro atoms. The first-order valence-electron chi connectivity index (χ1n) is 9.02. The molecule has 144 valence electrons. The Balaban J connectivity index is 1.56. The molecule has 1 aliphatic heterocycles. The molecule has 27 heavy (non-hydrogen) atoms. The third-order valence-electron chi connectivity index (χ3n) is 4.76. The van der Waals surface area contributed by atoms with Crippen LogP contribution < -0.4 is 9.64 Å². The van der Waals surface area contributed by atoms with E-state index < -0.39 is 0 Å². The summed E-state index contributed by atoms with van der Waals surface area (Å²) in [7, 11) is 1.66. The summed E-state index contributed by atoms with van der Waals surface area (Å²) in [5.74, 6) is 1.31. The molecule has 7 heteroatoms. The highest BCUT2D eigenvalue weighted by atomic mass is 16.5. The van der Waals surface area contributed by atoms with Crippen LogP contribution >= 0.6 is 0 Å². The number of piperazine rings is 1. The standard InChI is InChI=1S/C20H25N3O4/c1-16(24)23(14-17-6-5-13-27-17)15-20(25)22-11-9-21(10-12-22)18-7-3-4-8-19(18)26-2/h3-8,13H,9-12,14-15H2,1-2H3. The Morgan fingerprint density at radius 3 is 2.48 bits per heavy atom. The molecule has 0 N–H and O–H groups in total. The normalized spacial score (nSPS) is 14.1. The fraction of sp³-hybridized carbons (Fsp3) is 0.400. The highest BCUT2D eigenvalue weighted by Gasteiger charge is 2.25. The summed E-state index contributed by atoms with van der Waals surface area (Å²) in [6.45, 7) is 4.51. The van der Waals surface area contributed by atoms with Crippen molar-refractivity contribution in [3.05, 3.63) is 48.4 Å². The van der Waals surface area contributed by atoms with E-state index in [0.717, 1.165) is 24.5 Å². The third-order valence-corrected chi connectivity index (χ3v) is 4.76. The Hall–Kier alpha value is -2.96. The van der Waals surface area contributed by atoms with Gasteiger partial charge < -0.3 is 23.9 Å². The van der Waals surface area contributed by atoms with Crippen LogP contribution in [0.25, 0.3) is 0 Å². The Kier molecular flexibility index (Phi) is 6.01. The van der Waals surface area contributed by atoms with Gasteiger partial charge in [0.2, 0.25) is 11.8 Å². The van der Waals surface area contributed by atoms with Crippen molar-refractivity contribution in [2.24, 2.45) is 0 Å². The number of carbonyl (C=O) groups excluding carboxylic acids is 2. The second kappa shape index (κ2) is 8.62. The minimum atomic E-state index is -0.146. The van der Waals surface area contributed by atoms with Crippen molar-refractivity contribution in [3.63, 3.8) is 0 Å². The number of amides is 2. The Morgan fingerprint density at radius 1 is 1.11 bits per heavy atom. The molecule has 0 saturated carbocycles. The molecule has 0 atom stereocenters. The molecule has 3 rings (SSSR count). The Morgan fingerprint density at radius 2 is 1.85 bits per heavy atom. The molecule has 1 aromatic heterocycles. The van der Waals surface area contributed by atoms with Gasteiger partial charge in [-0.25, -0.2) is 0 Å². The van der Waals surface area contributed by atoms with Gasteiger partial charge in [-0.3, -0.25) is 9.59 Å². The number of nitrogens with zero attached hydrogens (tertiary/aromatic N) is 3. The average molecular weight is 371 g/mol. The largest absolute Gasteiger partial charge is 0.495 e. The lowest BCUT2D eigenvalue weighted by molar-refractivity contribution is -0.140. The van der Waals surface area contributed by atoms with Crippen LogP contribution in [0.2, 0.25) is 0 Å². The second-order valence-electron chi connectivity index (χ2n) is 6.49. The zero-order chi connectivity index (χ0) is 19.2. The van der Waals surface area contributed by atoms with E-state index in [1.54, 1.807) is 25.5 Å². The number of carbonyl (C=O) groups is 2. The van der Waals surface area contributed by atoms with Crippen molar-refractivity contribution in [1.29, 1.82) is 0 Å². The van der Waals surface area contributed by atoms with E-state index in [0.29, 0.717) is 25.4 Å². The second-order valence-corrected chi connectivity index (χ2v) is 6.49. The first-order chi connectivity index (χ1) is 13.1. The Bertz CT molecular complexity index is 767. The van der Waals surface area contributed by atoms with Gasteiger partial charge in [-0.05, 0) is 24.3 Å². The van der Waals surface area contributed by atoms with Crippen LogP contribution in [0, 0.1) is 0 Å². The molecule has 7 nitrogen and oxygen atoms in total. The van der Waals surface area contributed by atoms with Crippen LogP contribution in [0.15, 0.2) is 47.1 Å². The number of rotatable bonds is 6. The van der Waals surface area contributed by atoms with Crippen LogP contribution in [0.1, 0.15) is 12.7 Å². The molecule has 0 aliphatic carbocycles. The topological polar surface area (TPSA) is 66.2 Å². The lowest BCUT2D eigenvalue weighted by atomic mass is 10.2. The van der Waals surface area contributed by atoms with Gasteiger partial charge in [-0.15, -0.1) is 0 Å². The van der Waals surface area contributed by atoms with E-state index in [1.165, 1.54) is 11.8 Å². The van der Waals surface area contributed by atoms with Gasteiger partial charge in [0.25, 0.3) is 0 Å². The summed E-state index contributed by atoms with van der Waals surface area (Å²) >= 11 is 0. The van der Waals surface area contributed by atoms with Crippen molar-refractivity contribution >= 4 is 17.5 Å². The lowest BCUT2D eigenvalue weighted by Crippen LogP contribution is -2.51. The monoisotopic (exact) mass is 371 g/mol. The number of benzene rings is 1. The number of methoxy groups -OCH3 is 1. The number of anilines is 1. The summed E-state index contributed by atoms with van der Waals surface area (Å²) in [6, 6.07) is 11.5. The summed E-state index contributed by atoms with van der Waals surface area (Å²) in [4.78, 5) is 30.1. The van der Waals surface area contributed by atoms with Gasteiger partial charge in [0.05, 0.1) is 25.6 Å². The molecule has 1 aliphatic rings. The number of furan rings is 1. The minimum Gasteiger partial charge on any atom is -0.495 e. The fourth-order valence-corrected chi connectivity index (χ4v) is 3.22. The Labute approximate surface area is 159 Å². The summed E-state index contributed by atoms with van der Waals surface area (Å²) in [6.07, 6.45) is 1.56. The number of hydrogen-bond acceptors (Lipinski definition) is 5. The molecule has 0 radical (unpaired) electrons. The van der Waals surface area contributed by atoms with Crippen LogP contribution in [-0.4, -0.2) is 61.4 Å². The summed E-state index contributed by atoms with van der Waals surface area (Å²) in [5.41, 5.74) is 1.04. The first kappa shape index (κ1) is 18.8. The van der Waals surface area contributed by atoms with Crippen molar-refractivity contribution in [2.75, 3.05) is 44.7 Å². The van der Waals surface area contributed by atoms with Gasteiger partial charge in [0.15, 0.2) is 0 Å². The van der Waals surface area contributed by atoms with E-state index in [-0.39, 0.29) is 18.4 Å². The van der Waals surface area contributed by atoms with Crippen LogP contribution in [0.4, 0.5) is 5.69 Å². The molecule has 1 fully saturated rings. The maximum atomic E-state index is 12.7. The van der Waals surface area contributed by atoms with Crippen molar-refractivity contribution in [2.45, 2.75) is 13.5 Å². The van der Waals surface area contributed by atoms with Crippen molar-refractivity contribution < 1.29 is 18.7 Å². The van der Waals surface area contributed by atoms with Gasteiger partial charge in [0, 0.05) is 33.1 Å². The zero-order valence-corrected chi connectivity index (χ0v) is 15.8. The molecule has 2 aromatic rings. The molecule has 1 saturated heterocycles. The molecule has 0 unspecified atom stereocenters. The average Bonchev–Trinajstić information content (AvgIpc) is 3.20. The van der Waals surface area contributed by atoms with Gasteiger partial charge in [-0.1, -0.05) is 12.1 Å². The molecular weight excluding hydrogens is 346 g/mol. The quantitative estimate of drug-likeness (QED) is 0.777. The van der Waals surface area contributed by atoms with E-state index in [9.17, 15) is 9.59 Å². The highest BCUT2D eigenvalue weighted by molar-refractivity contribution is 5.84. The third kappa shape index (κ3) is 4.61. The van der Waals surface area contributed by atoms with Crippen LogP contribution in [0.5, 0.6) is 5.75 Å². The summed E-state index contributed by atoms with van der Waals surface area (Å²) < 4.78 is 10.7.